The van der Waals surface area contributed by atoms with Gasteiger partial charge in [0.15, 0.2) is 11.6 Å². The first kappa shape index (κ1) is 19.7. The number of aryl methyl sites for hydroxylation is 1. The van der Waals surface area contributed by atoms with Crippen LogP contribution < -0.4 is 0 Å². The quantitative estimate of drug-likeness (QED) is 0.454. The van der Waals surface area contributed by atoms with Crippen LogP contribution in [0.15, 0.2) is 54.6 Å². The first-order chi connectivity index (χ1) is 13.9. The minimum absolute atomic E-state index is 0.193. The second kappa shape index (κ2) is 8.03. The lowest BCUT2D eigenvalue weighted by molar-refractivity contribution is -0.0141. The van der Waals surface area contributed by atoms with Crippen molar-refractivity contribution in [2.45, 2.75) is 32.8 Å². The molecule has 0 N–H and O–H groups in total. The third-order valence-corrected chi connectivity index (χ3v) is 5.66. The zero-order valence-corrected chi connectivity index (χ0v) is 16.5. The summed E-state index contributed by atoms with van der Waals surface area (Å²) in [6.07, 6.45) is 1.66. The fraction of sp³-hybridized carbons (Fsp3) is 0.280. The summed E-state index contributed by atoms with van der Waals surface area (Å²) in [6.45, 7) is 4.32. The van der Waals surface area contributed by atoms with E-state index in [0.29, 0.717) is 23.7 Å². The summed E-state index contributed by atoms with van der Waals surface area (Å²) in [7, 11) is 0. The molecule has 1 aliphatic heterocycles. The number of hydrogen-bond acceptors (Lipinski definition) is 1. The molecule has 1 saturated heterocycles. The van der Waals surface area contributed by atoms with Crippen molar-refractivity contribution in [1.82, 2.24) is 0 Å². The number of benzene rings is 3. The zero-order chi connectivity index (χ0) is 20.5. The van der Waals surface area contributed by atoms with Crippen molar-refractivity contribution < 1.29 is 17.9 Å². The van der Waals surface area contributed by atoms with Crippen LogP contribution in [0, 0.1) is 30.3 Å². The van der Waals surface area contributed by atoms with Crippen molar-refractivity contribution in [2.24, 2.45) is 5.92 Å². The molecule has 29 heavy (non-hydrogen) atoms. The Kier molecular flexibility index (Phi) is 5.46. The van der Waals surface area contributed by atoms with E-state index in [1.807, 2.05) is 6.07 Å². The molecule has 1 heterocycles. The Hall–Kier alpha value is -2.59. The van der Waals surface area contributed by atoms with Crippen molar-refractivity contribution in [3.8, 4) is 22.3 Å². The molecule has 2 unspecified atom stereocenters. The van der Waals surface area contributed by atoms with Gasteiger partial charge in [-0.3, -0.25) is 0 Å². The van der Waals surface area contributed by atoms with Crippen LogP contribution in [0.4, 0.5) is 13.2 Å². The lowest BCUT2D eigenvalue weighted by Gasteiger charge is -2.27. The summed E-state index contributed by atoms with van der Waals surface area (Å²) >= 11 is 0. The smallest absolute Gasteiger partial charge is 0.166 e. The van der Waals surface area contributed by atoms with Gasteiger partial charge >= 0.3 is 0 Å². The first-order valence-corrected chi connectivity index (χ1v) is 9.90. The highest BCUT2D eigenvalue weighted by molar-refractivity contribution is 5.71. The van der Waals surface area contributed by atoms with Crippen molar-refractivity contribution in [1.29, 1.82) is 0 Å². The lowest BCUT2D eigenvalue weighted by atomic mass is 9.93. The molecular weight excluding hydrogens is 373 g/mol. The molecule has 0 aromatic heterocycles. The van der Waals surface area contributed by atoms with Gasteiger partial charge in [0.05, 0.1) is 6.10 Å². The number of halogens is 3. The summed E-state index contributed by atoms with van der Waals surface area (Å²) in [6, 6.07) is 15.3. The van der Waals surface area contributed by atoms with E-state index in [9.17, 15) is 13.2 Å². The molecule has 150 valence electrons. The van der Waals surface area contributed by atoms with Gasteiger partial charge in [-0.25, -0.2) is 13.2 Å². The maximum atomic E-state index is 14.7. The minimum Gasteiger partial charge on any atom is -0.373 e. The summed E-state index contributed by atoms with van der Waals surface area (Å²) in [4.78, 5) is 0. The highest BCUT2D eigenvalue weighted by Crippen LogP contribution is 2.34. The summed E-state index contributed by atoms with van der Waals surface area (Å²) < 4.78 is 48.6. The molecule has 0 aliphatic carbocycles. The van der Waals surface area contributed by atoms with Crippen LogP contribution in [0.25, 0.3) is 22.3 Å². The van der Waals surface area contributed by atoms with Crippen LogP contribution in [0.5, 0.6) is 0 Å². The van der Waals surface area contributed by atoms with E-state index < -0.39 is 11.6 Å². The van der Waals surface area contributed by atoms with Crippen molar-refractivity contribution in [3.05, 3.63) is 83.2 Å². The Bertz CT molecular complexity index is 1020. The van der Waals surface area contributed by atoms with E-state index in [-0.39, 0.29) is 23.0 Å². The average molecular weight is 396 g/mol. The van der Waals surface area contributed by atoms with E-state index in [1.54, 1.807) is 42.5 Å². The molecule has 1 nitrogen and oxygen atoms in total. The number of hydrogen-bond donors (Lipinski definition) is 0. The molecular formula is C25H23F3O. The van der Waals surface area contributed by atoms with Crippen LogP contribution in [-0.4, -0.2) is 6.61 Å². The SMILES string of the molecule is Cc1ccc(-c2ccc(-c3ccc(C4CCC(C)CO4)c(F)c3)cc2)c(F)c1F. The maximum Gasteiger partial charge on any atom is 0.166 e. The molecule has 0 saturated carbocycles. The van der Waals surface area contributed by atoms with Gasteiger partial charge in [0.1, 0.15) is 5.82 Å². The van der Waals surface area contributed by atoms with Gasteiger partial charge in [-0.1, -0.05) is 55.5 Å². The Labute approximate surface area is 169 Å². The molecule has 3 aromatic carbocycles. The molecule has 0 amide bonds. The maximum absolute atomic E-state index is 14.7. The monoisotopic (exact) mass is 396 g/mol. The predicted octanol–water partition coefficient (Wildman–Crippen LogP) is 7.23. The summed E-state index contributed by atoms with van der Waals surface area (Å²) in [5.74, 6) is -1.45. The molecule has 3 aromatic rings. The van der Waals surface area contributed by atoms with E-state index in [0.717, 1.165) is 24.0 Å². The van der Waals surface area contributed by atoms with Crippen molar-refractivity contribution in [3.63, 3.8) is 0 Å². The van der Waals surface area contributed by atoms with Gasteiger partial charge in [0.25, 0.3) is 0 Å². The highest BCUT2D eigenvalue weighted by atomic mass is 19.2. The Morgan fingerprint density at radius 3 is 2.14 bits per heavy atom. The largest absolute Gasteiger partial charge is 0.373 e. The average Bonchev–Trinajstić information content (AvgIpc) is 2.73. The van der Waals surface area contributed by atoms with Crippen LogP contribution in [0.3, 0.4) is 0 Å². The number of rotatable bonds is 3. The Morgan fingerprint density at radius 2 is 1.48 bits per heavy atom. The Morgan fingerprint density at radius 1 is 0.793 bits per heavy atom. The predicted molar refractivity (Wildman–Crippen MR) is 109 cm³/mol. The standard InChI is InChI=1S/C25H23F3O/c1-15-3-12-23(29-14-15)21-11-9-19(13-22(21)26)17-5-7-18(8-6-17)20-10-4-16(2)24(27)25(20)28/h4-11,13,15,23H,3,12,14H2,1-2H3. The molecule has 0 bridgehead atoms. The molecule has 4 heteroatoms. The van der Waals surface area contributed by atoms with E-state index in [4.69, 9.17) is 4.74 Å². The van der Waals surface area contributed by atoms with Gasteiger partial charge in [-0.2, -0.15) is 0 Å². The molecule has 4 rings (SSSR count). The topological polar surface area (TPSA) is 9.23 Å². The lowest BCUT2D eigenvalue weighted by Crippen LogP contribution is -2.19. The second-order valence-electron chi connectivity index (χ2n) is 7.88. The van der Waals surface area contributed by atoms with Gasteiger partial charge in [-0.15, -0.1) is 0 Å². The van der Waals surface area contributed by atoms with E-state index in [2.05, 4.69) is 6.92 Å². The Balaban J connectivity index is 1.58. The van der Waals surface area contributed by atoms with Crippen LogP contribution in [0.1, 0.15) is 37.0 Å². The van der Waals surface area contributed by atoms with Crippen molar-refractivity contribution in [2.75, 3.05) is 6.61 Å². The fourth-order valence-corrected chi connectivity index (χ4v) is 3.81. The number of ether oxygens (including phenoxy) is 1. The van der Waals surface area contributed by atoms with Gasteiger partial charge < -0.3 is 4.74 Å². The van der Waals surface area contributed by atoms with Crippen LogP contribution in [-0.2, 0) is 4.74 Å². The van der Waals surface area contributed by atoms with Gasteiger partial charge in [0.2, 0.25) is 0 Å². The van der Waals surface area contributed by atoms with Crippen LogP contribution >= 0.6 is 0 Å². The molecule has 1 aliphatic rings. The van der Waals surface area contributed by atoms with Gasteiger partial charge in [0, 0.05) is 17.7 Å². The fourth-order valence-electron chi connectivity index (χ4n) is 3.81. The minimum atomic E-state index is -0.852. The first-order valence-electron chi connectivity index (χ1n) is 9.90. The van der Waals surface area contributed by atoms with Crippen molar-refractivity contribution >= 4 is 0 Å². The molecule has 2 atom stereocenters. The molecule has 0 radical (unpaired) electrons. The third kappa shape index (κ3) is 3.95. The van der Waals surface area contributed by atoms with E-state index in [1.165, 1.54) is 13.0 Å². The second-order valence-corrected chi connectivity index (χ2v) is 7.88. The highest BCUT2D eigenvalue weighted by Gasteiger charge is 2.23. The summed E-state index contributed by atoms with van der Waals surface area (Å²) in [5, 5.41) is 0. The normalized spacial score (nSPS) is 19.3. The van der Waals surface area contributed by atoms with Gasteiger partial charge in [-0.05, 0) is 54.0 Å². The zero-order valence-electron chi connectivity index (χ0n) is 16.5. The van der Waals surface area contributed by atoms with Crippen LogP contribution in [0.2, 0.25) is 0 Å². The third-order valence-electron chi connectivity index (χ3n) is 5.66. The molecule has 0 spiro atoms. The van der Waals surface area contributed by atoms with E-state index >= 15 is 0 Å². The summed E-state index contributed by atoms with van der Waals surface area (Å²) in [5.41, 5.74) is 3.20. The molecule has 1 fully saturated rings.